The first-order valence-electron chi connectivity index (χ1n) is 9.93. The smallest absolute Gasteiger partial charge is 0.188 e. The zero-order chi connectivity index (χ0) is 18.5. The van der Waals surface area contributed by atoms with Crippen LogP contribution in [0.2, 0.25) is 0 Å². The molecule has 1 unspecified atom stereocenters. The summed E-state index contributed by atoms with van der Waals surface area (Å²) in [7, 11) is 0. The van der Waals surface area contributed by atoms with Gasteiger partial charge in [-0.3, -0.25) is 0 Å². The number of halogens is 1. The van der Waals surface area contributed by atoms with E-state index < -0.39 is 0 Å². The standard InChI is InChI=1S/C20H27FN4O2/c21-15-5-4-8-17(11-15)27-14-19-23-20(12-18-13-22-9-10-26-18)25(24-19)16-6-2-1-3-7-16/h4-5,8,11,16,18,22H,1-3,6-7,9-10,12-14H2. The van der Waals surface area contributed by atoms with E-state index in [1.165, 1.54) is 31.4 Å². The molecule has 2 aliphatic rings. The van der Waals surface area contributed by atoms with E-state index in [0.29, 0.717) is 17.6 Å². The maximum Gasteiger partial charge on any atom is 0.188 e. The van der Waals surface area contributed by atoms with Crippen LogP contribution in [0.1, 0.15) is 49.8 Å². The third kappa shape index (κ3) is 4.84. The number of nitrogens with zero attached hydrogens (tertiary/aromatic N) is 3. The average molecular weight is 374 g/mol. The number of ether oxygens (including phenoxy) is 2. The molecule has 4 rings (SSSR count). The van der Waals surface area contributed by atoms with E-state index in [1.807, 2.05) is 0 Å². The molecule has 7 heteroatoms. The second kappa shape index (κ2) is 8.80. The molecule has 0 radical (unpaired) electrons. The van der Waals surface area contributed by atoms with Crippen LogP contribution in [-0.4, -0.2) is 40.6 Å². The molecule has 1 aliphatic carbocycles. The van der Waals surface area contributed by atoms with Crippen LogP contribution in [0.4, 0.5) is 4.39 Å². The van der Waals surface area contributed by atoms with E-state index in [0.717, 1.165) is 44.8 Å². The van der Waals surface area contributed by atoms with Crippen molar-refractivity contribution in [1.82, 2.24) is 20.1 Å². The van der Waals surface area contributed by atoms with Crippen LogP contribution in [0.3, 0.4) is 0 Å². The van der Waals surface area contributed by atoms with Gasteiger partial charge in [-0.1, -0.05) is 25.3 Å². The van der Waals surface area contributed by atoms with Crippen molar-refractivity contribution in [2.75, 3.05) is 19.7 Å². The number of nitrogens with one attached hydrogen (secondary N) is 1. The largest absolute Gasteiger partial charge is 0.485 e. The zero-order valence-corrected chi connectivity index (χ0v) is 15.6. The van der Waals surface area contributed by atoms with Crippen molar-refractivity contribution in [3.63, 3.8) is 0 Å². The minimum absolute atomic E-state index is 0.127. The number of rotatable bonds is 6. The zero-order valence-electron chi connectivity index (χ0n) is 15.6. The quantitative estimate of drug-likeness (QED) is 0.842. The highest BCUT2D eigenvalue weighted by Gasteiger charge is 2.24. The summed E-state index contributed by atoms with van der Waals surface area (Å²) in [5.41, 5.74) is 0. The lowest BCUT2D eigenvalue weighted by atomic mass is 9.95. The maximum atomic E-state index is 13.3. The Morgan fingerprint density at radius 3 is 2.93 bits per heavy atom. The molecule has 146 valence electrons. The Morgan fingerprint density at radius 2 is 2.15 bits per heavy atom. The Hall–Kier alpha value is -1.99. The Kier molecular flexibility index (Phi) is 5.99. The first-order chi connectivity index (χ1) is 13.3. The lowest BCUT2D eigenvalue weighted by Crippen LogP contribution is -2.40. The molecule has 1 saturated heterocycles. The van der Waals surface area contributed by atoms with E-state index in [4.69, 9.17) is 19.6 Å². The molecule has 2 aromatic rings. The average Bonchev–Trinajstić information content (AvgIpc) is 3.11. The molecule has 1 aromatic heterocycles. The molecule has 1 aromatic carbocycles. The van der Waals surface area contributed by atoms with Gasteiger partial charge in [-0.25, -0.2) is 14.1 Å². The van der Waals surface area contributed by atoms with Crippen LogP contribution in [0, 0.1) is 5.82 Å². The predicted molar refractivity (Wildman–Crippen MR) is 99.2 cm³/mol. The number of benzene rings is 1. The molecule has 0 bridgehead atoms. The van der Waals surface area contributed by atoms with Crippen molar-refractivity contribution in [1.29, 1.82) is 0 Å². The van der Waals surface area contributed by atoms with Crippen molar-refractivity contribution >= 4 is 0 Å². The molecule has 1 saturated carbocycles. The summed E-state index contributed by atoms with van der Waals surface area (Å²) in [4.78, 5) is 4.74. The van der Waals surface area contributed by atoms with E-state index >= 15 is 0 Å². The van der Waals surface area contributed by atoms with Crippen LogP contribution in [0.25, 0.3) is 0 Å². The van der Waals surface area contributed by atoms with Crippen LogP contribution >= 0.6 is 0 Å². The Bertz CT molecular complexity index is 739. The Morgan fingerprint density at radius 1 is 1.26 bits per heavy atom. The highest BCUT2D eigenvalue weighted by molar-refractivity contribution is 5.22. The molecule has 2 heterocycles. The van der Waals surface area contributed by atoms with Crippen LogP contribution in [-0.2, 0) is 17.8 Å². The van der Waals surface area contributed by atoms with Gasteiger partial charge in [-0.2, -0.15) is 5.10 Å². The van der Waals surface area contributed by atoms with Gasteiger partial charge in [0.2, 0.25) is 0 Å². The SMILES string of the molecule is Fc1cccc(OCc2nc(CC3CNCCO3)n(C3CCCCC3)n2)c1. The lowest BCUT2D eigenvalue weighted by molar-refractivity contribution is 0.0270. The molecule has 0 amide bonds. The summed E-state index contributed by atoms with van der Waals surface area (Å²) in [5, 5.41) is 8.12. The van der Waals surface area contributed by atoms with Gasteiger partial charge in [0.15, 0.2) is 5.82 Å². The van der Waals surface area contributed by atoms with E-state index in [9.17, 15) is 4.39 Å². The van der Waals surface area contributed by atoms with Crippen LogP contribution in [0.5, 0.6) is 5.75 Å². The molecule has 2 fully saturated rings. The van der Waals surface area contributed by atoms with Gasteiger partial charge in [0.05, 0.1) is 18.8 Å². The van der Waals surface area contributed by atoms with Crippen molar-refractivity contribution in [3.05, 3.63) is 41.7 Å². The molecule has 6 nitrogen and oxygen atoms in total. The van der Waals surface area contributed by atoms with Gasteiger partial charge in [-0.15, -0.1) is 0 Å². The van der Waals surface area contributed by atoms with Gasteiger partial charge in [0.25, 0.3) is 0 Å². The van der Waals surface area contributed by atoms with Gasteiger partial charge in [0, 0.05) is 25.6 Å². The molecule has 27 heavy (non-hydrogen) atoms. The van der Waals surface area contributed by atoms with E-state index in [-0.39, 0.29) is 18.5 Å². The minimum Gasteiger partial charge on any atom is -0.485 e. The van der Waals surface area contributed by atoms with Gasteiger partial charge in [0.1, 0.15) is 24.0 Å². The lowest BCUT2D eigenvalue weighted by Gasteiger charge is -2.26. The summed E-state index contributed by atoms with van der Waals surface area (Å²) in [6, 6.07) is 6.56. The Balaban J connectivity index is 1.49. The highest BCUT2D eigenvalue weighted by Crippen LogP contribution is 2.29. The molecule has 1 N–H and O–H groups in total. The summed E-state index contributed by atoms with van der Waals surface area (Å²) in [5.74, 6) is 1.79. The van der Waals surface area contributed by atoms with E-state index in [1.54, 1.807) is 12.1 Å². The number of hydrogen-bond donors (Lipinski definition) is 1. The maximum absolute atomic E-state index is 13.3. The summed E-state index contributed by atoms with van der Waals surface area (Å²) in [6.07, 6.45) is 6.93. The minimum atomic E-state index is -0.309. The fourth-order valence-electron chi connectivity index (χ4n) is 3.88. The summed E-state index contributed by atoms with van der Waals surface area (Å²) in [6.45, 7) is 2.71. The van der Waals surface area contributed by atoms with Crippen LogP contribution < -0.4 is 10.1 Å². The highest BCUT2D eigenvalue weighted by atomic mass is 19.1. The first kappa shape index (κ1) is 18.4. The number of hydrogen-bond acceptors (Lipinski definition) is 5. The third-order valence-corrected chi connectivity index (χ3v) is 5.24. The second-order valence-corrected chi connectivity index (χ2v) is 7.33. The first-order valence-corrected chi connectivity index (χ1v) is 9.93. The fraction of sp³-hybridized carbons (Fsp3) is 0.600. The predicted octanol–water partition coefficient (Wildman–Crippen LogP) is 3.03. The normalized spacial score (nSPS) is 21.3. The molecule has 1 atom stereocenters. The molecule has 1 aliphatic heterocycles. The monoisotopic (exact) mass is 374 g/mol. The van der Waals surface area contributed by atoms with Gasteiger partial charge < -0.3 is 14.8 Å². The molecule has 0 spiro atoms. The fourth-order valence-corrected chi connectivity index (χ4v) is 3.88. The third-order valence-electron chi connectivity index (χ3n) is 5.24. The van der Waals surface area contributed by atoms with Crippen molar-refractivity contribution in [2.24, 2.45) is 0 Å². The summed E-state index contributed by atoms with van der Waals surface area (Å²) >= 11 is 0. The summed E-state index contributed by atoms with van der Waals surface area (Å²) < 4.78 is 27.0. The molecular formula is C20H27FN4O2. The number of aromatic nitrogens is 3. The topological polar surface area (TPSA) is 61.2 Å². The second-order valence-electron chi connectivity index (χ2n) is 7.33. The Labute approximate surface area is 159 Å². The molecular weight excluding hydrogens is 347 g/mol. The van der Waals surface area contributed by atoms with Crippen LogP contribution in [0.15, 0.2) is 24.3 Å². The van der Waals surface area contributed by atoms with E-state index in [2.05, 4.69) is 10.00 Å². The number of morpholine rings is 1. The van der Waals surface area contributed by atoms with Crippen molar-refractivity contribution < 1.29 is 13.9 Å². The van der Waals surface area contributed by atoms with Gasteiger partial charge in [-0.05, 0) is 25.0 Å². The van der Waals surface area contributed by atoms with Crippen molar-refractivity contribution in [2.45, 2.75) is 57.3 Å². The van der Waals surface area contributed by atoms with Gasteiger partial charge >= 0.3 is 0 Å². The van der Waals surface area contributed by atoms with Crippen molar-refractivity contribution in [3.8, 4) is 5.75 Å².